The fourth-order valence-electron chi connectivity index (χ4n) is 1.89. The van der Waals surface area contributed by atoms with Gasteiger partial charge in [-0.15, -0.1) is 0 Å². The molecule has 0 bridgehead atoms. The van der Waals surface area contributed by atoms with Gasteiger partial charge in [0, 0.05) is 19.7 Å². The van der Waals surface area contributed by atoms with Crippen molar-refractivity contribution in [2.24, 2.45) is 0 Å². The van der Waals surface area contributed by atoms with Gasteiger partial charge >= 0.3 is 0 Å². The van der Waals surface area contributed by atoms with E-state index in [0.717, 1.165) is 0 Å². The third-order valence-corrected chi connectivity index (χ3v) is 2.87. The number of hydrogen-bond acceptors (Lipinski definition) is 6. The zero-order chi connectivity index (χ0) is 14.5. The summed E-state index contributed by atoms with van der Waals surface area (Å²) in [6.07, 6.45) is 0. The zero-order valence-electron chi connectivity index (χ0n) is 11.5. The van der Waals surface area contributed by atoms with Crippen LogP contribution in [-0.2, 0) is 14.3 Å². The van der Waals surface area contributed by atoms with E-state index in [1.54, 1.807) is 20.0 Å². The van der Waals surface area contributed by atoms with E-state index in [4.69, 9.17) is 9.26 Å². The van der Waals surface area contributed by atoms with Crippen LogP contribution >= 0.6 is 0 Å². The quantitative estimate of drug-likeness (QED) is 0.763. The number of rotatable bonds is 4. The maximum absolute atomic E-state index is 12.1. The Morgan fingerprint density at radius 2 is 2.40 bits per heavy atom. The van der Waals surface area contributed by atoms with Gasteiger partial charge in [-0.2, -0.15) is 0 Å². The van der Waals surface area contributed by atoms with Crippen LogP contribution in [0.25, 0.3) is 0 Å². The van der Waals surface area contributed by atoms with Crippen molar-refractivity contribution in [1.82, 2.24) is 15.4 Å². The Bertz CT molecular complexity index is 482. The van der Waals surface area contributed by atoms with Crippen LogP contribution in [0.4, 0.5) is 5.82 Å². The lowest BCUT2D eigenvalue weighted by Gasteiger charge is -2.27. The number of carbonyl (C=O) groups excluding carboxylic acids is 2. The smallest absolute Gasteiger partial charge is 0.245 e. The van der Waals surface area contributed by atoms with Crippen LogP contribution in [0.3, 0.4) is 0 Å². The van der Waals surface area contributed by atoms with Crippen molar-refractivity contribution in [2.45, 2.75) is 13.0 Å². The van der Waals surface area contributed by atoms with E-state index in [1.807, 2.05) is 0 Å². The number of nitrogens with zero attached hydrogens (tertiary/aromatic N) is 2. The molecule has 1 saturated heterocycles. The zero-order valence-corrected chi connectivity index (χ0v) is 11.5. The summed E-state index contributed by atoms with van der Waals surface area (Å²) in [6.45, 7) is 3.23. The maximum atomic E-state index is 12.1. The number of hydrogen-bond donors (Lipinski definition) is 2. The standard InChI is InChI=1S/C12H18N4O4/c1-8-5-10(15-20-8)14-11(17)6-16(2)12(18)9-7-19-4-3-13-9/h5,9,13H,3-4,6-7H2,1-2H3,(H,14,15,17). The average molecular weight is 282 g/mol. The van der Waals surface area contributed by atoms with Gasteiger partial charge in [0.25, 0.3) is 0 Å². The van der Waals surface area contributed by atoms with E-state index in [0.29, 0.717) is 31.3 Å². The lowest BCUT2D eigenvalue weighted by molar-refractivity contribution is -0.137. The first-order valence-corrected chi connectivity index (χ1v) is 6.35. The summed E-state index contributed by atoms with van der Waals surface area (Å²) in [5.74, 6) is 0.447. The highest BCUT2D eigenvalue weighted by Gasteiger charge is 2.25. The first-order valence-electron chi connectivity index (χ1n) is 6.35. The molecule has 1 aliphatic rings. The summed E-state index contributed by atoms with van der Waals surface area (Å²) < 4.78 is 10.1. The molecule has 0 radical (unpaired) electrons. The lowest BCUT2D eigenvalue weighted by atomic mass is 10.2. The van der Waals surface area contributed by atoms with Gasteiger partial charge in [-0.05, 0) is 6.92 Å². The molecule has 2 heterocycles. The van der Waals surface area contributed by atoms with Crippen LogP contribution in [0.2, 0.25) is 0 Å². The van der Waals surface area contributed by atoms with Gasteiger partial charge in [-0.1, -0.05) is 5.16 Å². The number of aryl methyl sites for hydroxylation is 1. The molecule has 1 aliphatic heterocycles. The van der Waals surface area contributed by atoms with Crippen molar-refractivity contribution in [1.29, 1.82) is 0 Å². The van der Waals surface area contributed by atoms with Crippen LogP contribution in [0.15, 0.2) is 10.6 Å². The molecular formula is C12H18N4O4. The molecule has 0 aromatic carbocycles. The van der Waals surface area contributed by atoms with E-state index in [2.05, 4.69) is 15.8 Å². The summed E-state index contributed by atoms with van der Waals surface area (Å²) in [5, 5.41) is 9.27. The second-order valence-corrected chi connectivity index (χ2v) is 4.65. The molecule has 2 amide bonds. The molecule has 1 aromatic heterocycles. The highest BCUT2D eigenvalue weighted by Crippen LogP contribution is 2.07. The van der Waals surface area contributed by atoms with E-state index < -0.39 is 6.04 Å². The first kappa shape index (κ1) is 14.5. The summed E-state index contributed by atoms with van der Waals surface area (Å²) in [6, 6.07) is 1.21. The predicted octanol–water partition coefficient (Wildman–Crippen LogP) is -0.632. The van der Waals surface area contributed by atoms with Gasteiger partial charge in [-0.3, -0.25) is 9.59 Å². The summed E-state index contributed by atoms with van der Waals surface area (Å²) in [4.78, 5) is 25.2. The highest BCUT2D eigenvalue weighted by molar-refractivity contribution is 5.94. The topological polar surface area (TPSA) is 96.7 Å². The number of aromatic nitrogens is 1. The Balaban J connectivity index is 1.82. The summed E-state index contributed by atoms with van der Waals surface area (Å²) >= 11 is 0. The summed E-state index contributed by atoms with van der Waals surface area (Å²) in [5.41, 5.74) is 0. The molecule has 1 aromatic rings. The third kappa shape index (κ3) is 3.78. The van der Waals surface area contributed by atoms with E-state index in [9.17, 15) is 9.59 Å². The fourth-order valence-corrected chi connectivity index (χ4v) is 1.89. The van der Waals surface area contributed by atoms with E-state index >= 15 is 0 Å². The first-order chi connectivity index (χ1) is 9.56. The molecule has 0 saturated carbocycles. The second kappa shape index (κ2) is 6.49. The number of ether oxygens (including phenoxy) is 1. The van der Waals surface area contributed by atoms with Crippen molar-refractivity contribution >= 4 is 17.6 Å². The van der Waals surface area contributed by atoms with Crippen molar-refractivity contribution in [3.63, 3.8) is 0 Å². The number of amides is 2. The largest absolute Gasteiger partial charge is 0.378 e. The minimum atomic E-state index is -0.393. The van der Waals surface area contributed by atoms with Crippen LogP contribution in [0.1, 0.15) is 5.76 Å². The van der Waals surface area contributed by atoms with Crippen LogP contribution in [0.5, 0.6) is 0 Å². The minimum absolute atomic E-state index is 0.0527. The van der Waals surface area contributed by atoms with Gasteiger partial charge in [0.05, 0.1) is 19.8 Å². The molecular weight excluding hydrogens is 264 g/mol. The molecule has 8 nitrogen and oxygen atoms in total. The van der Waals surface area contributed by atoms with Gasteiger partial charge < -0.3 is 24.8 Å². The second-order valence-electron chi connectivity index (χ2n) is 4.65. The molecule has 1 atom stereocenters. The molecule has 1 fully saturated rings. The molecule has 20 heavy (non-hydrogen) atoms. The van der Waals surface area contributed by atoms with Crippen LogP contribution in [0, 0.1) is 6.92 Å². The van der Waals surface area contributed by atoms with E-state index in [1.165, 1.54) is 4.90 Å². The van der Waals surface area contributed by atoms with Crippen molar-refractivity contribution < 1.29 is 18.8 Å². The molecule has 0 spiro atoms. The van der Waals surface area contributed by atoms with Crippen molar-refractivity contribution in [2.75, 3.05) is 38.7 Å². The molecule has 8 heteroatoms. The van der Waals surface area contributed by atoms with Gasteiger partial charge in [-0.25, -0.2) is 0 Å². The van der Waals surface area contributed by atoms with E-state index in [-0.39, 0.29) is 18.4 Å². The Hall–Kier alpha value is -1.93. The minimum Gasteiger partial charge on any atom is -0.378 e. The molecule has 2 N–H and O–H groups in total. The SMILES string of the molecule is Cc1cc(NC(=O)CN(C)C(=O)C2COCCN2)no1. The maximum Gasteiger partial charge on any atom is 0.245 e. The Kier molecular flexibility index (Phi) is 4.70. The highest BCUT2D eigenvalue weighted by atomic mass is 16.5. The molecule has 2 rings (SSSR count). The number of morpholine rings is 1. The summed E-state index contributed by atoms with van der Waals surface area (Å²) in [7, 11) is 1.58. The van der Waals surface area contributed by atoms with Gasteiger partial charge in [0.1, 0.15) is 11.8 Å². The monoisotopic (exact) mass is 282 g/mol. The number of nitrogens with one attached hydrogen (secondary N) is 2. The molecule has 0 aliphatic carbocycles. The Morgan fingerprint density at radius 1 is 1.60 bits per heavy atom. The van der Waals surface area contributed by atoms with Crippen molar-refractivity contribution in [3.05, 3.63) is 11.8 Å². The Morgan fingerprint density at radius 3 is 3.00 bits per heavy atom. The van der Waals surface area contributed by atoms with Crippen LogP contribution in [-0.4, -0.2) is 61.3 Å². The lowest BCUT2D eigenvalue weighted by Crippen LogP contribution is -2.52. The third-order valence-electron chi connectivity index (χ3n) is 2.87. The predicted molar refractivity (Wildman–Crippen MR) is 70.1 cm³/mol. The molecule has 110 valence electrons. The normalized spacial score (nSPS) is 18.6. The van der Waals surface area contributed by atoms with Gasteiger partial charge in [0.15, 0.2) is 5.82 Å². The van der Waals surface area contributed by atoms with Gasteiger partial charge in [0.2, 0.25) is 11.8 Å². The number of anilines is 1. The fraction of sp³-hybridized carbons (Fsp3) is 0.583. The van der Waals surface area contributed by atoms with Crippen LogP contribution < -0.4 is 10.6 Å². The van der Waals surface area contributed by atoms with Crippen molar-refractivity contribution in [3.8, 4) is 0 Å². The molecule has 1 unspecified atom stereocenters. The number of likely N-dealkylation sites (N-methyl/N-ethyl adjacent to an activating group) is 1. The average Bonchev–Trinajstić information content (AvgIpc) is 2.84. The number of carbonyl (C=O) groups is 2. The Labute approximate surface area is 116 Å².